The normalized spacial score (nSPS) is 19.9. The van der Waals surface area contributed by atoms with E-state index >= 15 is 0 Å². The molecule has 0 aromatic heterocycles. The maximum absolute atomic E-state index is 10.4. The van der Waals surface area contributed by atoms with Crippen molar-refractivity contribution in [3.05, 3.63) is 24.3 Å². The molecule has 3 nitrogen and oxygen atoms in total. The number of rotatable bonds is 2. The molecule has 1 aromatic carbocycles. The van der Waals surface area contributed by atoms with Crippen LogP contribution in [0.2, 0.25) is 0 Å². The second-order valence-electron chi connectivity index (χ2n) is 2.99. The molecule has 1 aliphatic heterocycles. The number of para-hydroxylation sites is 2. The Morgan fingerprint density at radius 3 is 2.85 bits per heavy atom. The van der Waals surface area contributed by atoms with E-state index in [1.807, 2.05) is 24.3 Å². The van der Waals surface area contributed by atoms with E-state index in [1.165, 1.54) is 0 Å². The molecule has 0 saturated heterocycles. The van der Waals surface area contributed by atoms with E-state index in [9.17, 15) is 5.11 Å². The van der Waals surface area contributed by atoms with Crippen LogP contribution in [0.5, 0.6) is 11.5 Å². The summed E-state index contributed by atoms with van der Waals surface area (Å²) in [6, 6.07) is 7.51. The summed E-state index contributed by atoms with van der Waals surface area (Å²) in [7, 11) is 0. The quantitative estimate of drug-likeness (QED) is 0.692. The molecule has 1 heterocycles. The maximum atomic E-state index is 10.4. The molecule has 1 radical (unpaired) electrons. The third-order valence-corrected chi connectivity index (χ3v) is 2.01. The van der Waals surface area contributed by atoms with Crippen molar-refractivity contribution in [2.24, 2.45) is 0 Å². The van der Waals surface area contributed by atoms with Crippen LogP contribution in [0.25, 0.3) is 0 Å². The topological polar surface area (TPSA) is 38.4 Å². The molecule has 0 saturated carbocycles. The summed E-state index contributed by atoms with van der Waals surface area (Å²) >= 11 is 0. The van der Waals surface area contributed by atoms with Crippen molar-refractivity contribution in [2.75, 3.05) is 13.2 Å². The first-order chi connectivity index (χ1) is 6.40. The molecule has 1 aliphatic rings. The molecule has 0 spiro atoms. The minimum atomic E-state index is -0.115. The molecule has 13 heavy (non-hydrogen) atoms. The van der Waals surface area contributed by atoms with Crippen molar-refractivity contribution in [1.82, 2.24) is 0 Å². The van der Waals surface area contributed by atoms with Gasteiger partial charge in [0.2, 0.25) is 0 Å². The highest BCUT2D eigenvalue weighted by atomic mass is 16.6. The van der Waals surface area contributed by atoms with E-state index in [0.717, 1.165) is 11.5 Å². The molecule has 1 atom stereocenters. The zero-order chi connectivity index (χ0) is 9.10. The van der Waals surface area contributed by atoms with Crippen molar-refractivity contribution >= 4 is 0 Å². The Kier molecular flexibility index (Phi) is 2.36. The van der Waals surface area contributed by atoms with Crippen LogP contribution in [0.1, 0.15) is 6.42 Å². The van der Waals surface area contributed by atoms with Crippen molar-refractivity contribution < 1.29 is 14.6 Å². The Labute approximate surface area is 76.9 Å². The van der Waals surface area contributed by atoms with E-state index in [2.05, 4.69) is 0 Å². The number of fused-ring (bicyclic) bond motifs is 1. The molecule has 0 bridgehead atoms. The second kappa shape index (κ2) is 3.66. The van der Waals surface area contributed by atoms with Gasteiger partial charge in [-0.05, 0) is 12.1 Å². The highest BCUT2D eigenvalue weighted by Crippen LogP contribution is 2.31. The van der Waals surface area contributed by atoms with E-state index < -0.39 is 0 Å². The zero-order valence-electron chi connectivity index (χ0n) is 7.23. The Bertz CT molecular complexity index is 285. The summed E-state index contributed by atoms with van der Waals surface area (Å²) in [5.41, 5.74) is 0. The van der Waals surface area contributed by atoms with Crippen LogP contribution >= 0.6 is 0 Å². The largest absolute Gasteiger partial charge is 0.486 e. The van der Waals surface area contributed by atoms with Crippen LogP contribution in [0.15, 0.2) is 24.3 Å². The maximum Gasteiger partial charge on any atom is 0.161 e. The fraction of sp³-hybridized carbons (Fsp3) is 0.400. The van der Waals surface area contributed by atoms with Gasteiger partial charge in [0, 0.05) is 6.42 Å². The molecule has 3 heteroatoms. The second-order valence-corrected chi connectivity index (χ2v) is 2.99. The lowest BCUT2D eigenvalue weighted by atomic mass is 10.2. The smallest absolute Gasteiger partial charge is 0.161 e. The molecular weight excluding hydrogens is 168 g/mol. The molecule has 69 valence electrons. The fourth-order valence-electron chi connectivity index (χ4n) is 1.34. The van der Waals surface area contributed by atoms with Crippen LogP contribution < -0.4 is 9.47 Å². The first-order valence-corrected chi connectivity index (χ1v) is 4.37. The molecule has 0 amide bonds. The number of ether oxygens (including phenoxy) is 2. The van der Waals surface area contributed by atoms with Crippen LogP contribution in [0.4, 0.5) is 0 Å². The molecule has 0 aliphatic carbocycles. The Hall–Kier alpha value is -1.22. The minimum absolute atomic E-state index is 0.0765. The van der Waals surface area contributed by atoms with Crippen LogP contribution in [-0.4, -0.2) is 19.3 Å². The van der Waals surface area contributed by atoms with Gasteiger partial charge in [-0.1, -0.05) is 12.1 Å². The van der Waals surface area contributed by atoms with Gasteiger partial charge in [0.1, 0.15) is 12.7 Å². The highest BCUT2D eigenvalue weighted by molar-refractivity contribution is 5.40. The van der Waals surface area contributed by atoms with Gasteiger partial charge >= 0.3 is 0 Å². The fourth-order valence-corrected chi connectivity index (χ4v) is 1.34. The highest BCUT2D eigenvalue weighted by Gasteiger charge is 2.19. The van der Waals surface area contributed by atoms with Gasteiger partial charge in [0.25, 0.3) is 0 Å². The summed E-state index contributed by atoms with van der Waals surface area (Å²) in [4.78, 5) is 0. The summed E-state index contributed by atoms with van der Waals surface area (Å²) in [6.45, 7) is 0.370. The number of hydrogen-bond acceptors (Lipinski definition) is 2. The number of benzene rings is 1. The average Bonchev–Trinajstić information content (AvgIpc) is 2.18. The first kappa shape index (κ1) is 8.38. The SMILES string of the molecule is [O]CCC1COc2ccccc2O1. The lowest BCUT2D eigenvalue weighted by Crippen LogP contribution is -2.29. The Morgan fingerprint density at radius 1 is 1.31 bits per heavy atom. The predicted molar refractivity (Wildman–Crippen MR) is 46.5 cm³/mol. The van der Waals surface area contributed by atoms with Gasteiger partial charge in [-0.25, -0.2) is 5.11 Å². The third-order valence-electron chi connectivity index (χ3n) is 2.01. The van der Waals surface area contributed by atoms with Gasteiger partial charge < -0.3 is 9.47 Å². The van der Waals surface area contributed by atoms with Crippen LogP contribution in [-0.2, 0) is 5.11 Å². The molecule has 0 N–H and O–H groups in total. The summed E-state index contributed by atoms with van der Waals surface area (Å²) in [5, 5.41) is 10.4. The van der Waals surface area contributed by atoms with E-state index in [0.29, 0.717) is 13.0 Å². The molecule has 2 rings (SSSR count). The van der Waals surface area contributed by atoms with Crippen LogP contribution in [0.3, 0.4) is 0 Å². The van der Waals surface area contributed by atoms with E-state index in [1.54, 1.807) is 0 Å². The van der Waals surface area contributed by atoms with Crippen molar-refractivity contribution in [3.8, 4) is 11.5 Å². The summed E-state index contributed by atoms with van der Waals surface area (Å²) in [5.74, 6) is 1.51. The van der Waals surface area contributed by atoms with Crippen molar-refractivity contribution in [2.45, 2.75) is 12.5 Å². The molecule has 0 fully saturated rings. The Morgan fingerprint density at radius 2 is 2.08 bits per heavy atom. The monoisotopic (exact) mass is 179 g/mol. The van der Waals surface area contributed by atoms with Crippen LogP contribution in [0, 0.1) is 0 Å². The van der Waals surface area contributed by atoms with E-state index in [4.69, 9.17) is 9.47 Å². The molecule has 1 unspecified atom stereocenters. The average molecular weight is 179 g/mol. The summed E-state index contributed by atoms with van der Waals surface area (Å²) < 4.78 is 11.0. The molecular formula is C10H11O3. The lowest BCUT2D eigenvalue weighted by Gasteiger charge is -2.25. The number of hydrogen-bond donors (Lipinski definition) is 0. The van der Waals surface area contributed by atoms with Gasteiger partial charge in [0.05, 0.1) is 6.61 Å². The predicted octanol–water partition coefficient (Wildman–Crippen LogP) is 1.65. The first-order valence-electron chi connectivity index (χ1n) is 4.37. The van der Waals surface area contributed by atoms with E-state index in [-0.39, 0.29) is 12.7 Å². The third kappa shape index (κ3) is 1.75. The van der Waals surface area contributed by atoms with Crippen molar-refractivity contribution in [3.63, 3.8) is 0 Å². The minimum Gasteiger partial charge on any atom is -0.486 e. The van der Waals surface area contributed by atoms with Gasteiger partial charge in [-0.3, -0.25) is 0 Å². The van der Waals surface area contributed by atoms with Crippen molar-refractivity contribution in [1.29, 1.82) is 0 Å². The Balaban J connectivity index is 2.11. The van der Waals surface area contributed by atoms with Gasteiger partial charge in [-0.15, -0.1) is 0 Å². The standard InChI is InChI=1S/C10H11O3/c11-6-5-8-7-12-9-3-1-2-4-10(9)13-8/h1-4,8H,5-7H2. The molecule has 1 aromatic rings. The van der Waals surface area contributed by atoms with Gasteiger partial charge in [0.15, 0.2) is 11.5 Å². The van der Waals surface area contributed by atoms with Gasteiger partial charge in [-0.2, -0.15) is 0 Å². The lowest BCUT2D eigenvalue weighted by molar-refractivity contribution is 0.0579. The zero-order valence-corrected chi connectivity index (χ0v) is 7.23. The summed E-state index contributed by atoms with van der Waals surface area (Å²) in [6.07, 6.45) is 0.432.